The van der Waals surface area contributed by atoms with Crippen LogP contribution in [0.5, 0.6) is 0 Å². The van der Waals surface area contributed by atoms with E-state index in [1.807, 2.05) is 24.3 Å². The Hall–Kier alpha value is -1.07. The highest BCUT2D eigenvalue weighted by Crippen LogP contribution is 2.18. The summed E-state index contributed by atoms with van der Waals surface area (Å²) in [5.41, 5.74) is 0.869. The third kappa shape index (κ3) is 3.89. The van der Waals surface area contributed by atoms with Gasteiger partial charge in [-0.2, -0.15) is 0 Å². The van der Waals surface area contributed by atoms with Gasteiger partial charge in [-0.1, -0.05) is 28.1 Å². The molecule has 15 heavy (non-hydrogen) atoms. The number of ether oxygens (including phenoxy) is 1. The predicted molar refractivity (Wildman–Crippen MR) is 59.9 cm³/mol. The molecule has 1 aromatic carbocycles. The molecule has 0 fully saturated rings. The van der Waals surface area contributed by atoms with Crippen LogP contribution in [0.4, 0.5) is 4.79 Å². The van der Waals surface area contributed by atoms with Crippen molar-refractivity contribution >= 4 is 22.0 Å². The summed E-state index contributed by atoms with van der Waals surface area (Å²) >= 11 is 3.33. The third-order valence-corrected chi connectivity index (χ3v) is 2.38. The van der Waals surface area contributed by atoms with Gasteiger partial charge >= 0.3 is 6.09 Å². The van der Waals surface area contributed by atoms with Gasteiger partial charge in [0.25, 0.3) is 0 Å². The summed E-state index contributed by atoms with van der Waals surface area (Å²) in [6, 6.07) is 7.11. The molecular weight excluding hydrogens is 262 g/mol. The molecular formula is C10H12BrNO3. The van der Waals surface area contributed by atoms with Gasteiger partial charge in [-0.25, -0.2) is 4.79 Å². The molecule has 2 N–H and O–H groups in total. The van der Waals surface area contributed by atoms with Gasteiger partial charge in [0, 0.05) is 11.6 Å². The number of carbonyl (C=O) groups is 1. The molecule has 0 aromatic heterocycles. The molecule has 0 aliphatic carbocycles. The van der Waals surface area contributed by atoms with E-state index in [0.717, 1.165) is 10.0 Å². The highest BCUT2D eigenvalue weighted by molar-refractivity contribution is 9.10. The minimum absolute atomic E-state index is 0.308. The van der Waals surface area contributed by atoms with Crippen LogP contribution in [0, 0.1) is 0 Å². The van der Waals surface area contributed by atoms with Crippen LogP contribution in [-0.4, -0.2) is 24.9 Å². The Kier molecular flexibility index (Phi) is 4.58. The first-order valence-corrected chi connectivity index (χ1v) is 5.16. The normalized spacial score (nSPS) is 12.1. The van der Waals surface area contributed by atoms with E-state index in [1.54, 1.807) is 0 Å². The molecule has 1 rings (SSSR count). The summed E-state index contributed by atoms with van der Waals surface area (Å²) in [7, 11) is 1.54. The summed E-state index contributed by atoms with van der Waals surface area (Å²) in [6.07, 6.45) is -1.06. The molecule has 5 heteroatoms. The number of nitrogens with one attached hydrogen (secondary N) is 1. The van der Waals surface area contributed by atoms with Crippen molar-refractivity contribution in [2.24, 2.45) is 0 Å². The fourth-order valence-corrected chi connectivity index (χ4v) is 1.68. The zero-order valence-corrected chi connectivity index (χ0v) is 9.82. The molecule has 0 radical (unpaired) electrons. The van der Waals surface area contributed by atoms with Gasteiger partial charge in [0.2, 0.25) is 0 Å². The van der Waals surface area contributed by atoms with Crippen LogP contribution >= 0.6 is 15.9 Å². The van der Waals surface area contributed by atoms with Gasteiger partial charge in [0.15, 0.2) is 0 Å². The Labute approximate surface area is 96.4 Å². The van der Waals surface area contributed by atoms with E-state index in [0.29, 0.717) is 6.61 Å². The maximum absolute atomic E-state index is 10.6. The second kappa shape index (κ2) is 5.72. The van der Waals surface area contributed by atoms with Gasteiger partial charge in [-0.05, 0) is 17.7 Å². The number of amides is 1. The van der Waals surface area contributed by atoms with Crippen LogP contribution in [0.2, 0.25) is 0 Å². The first kappa shape index (κ1) is 12.0. The van der Waals surface area contributed by atoms with Crippen molar-refractivity contribution in [2.75, 3.05) is 13.7 Å². The van der Waals surface area contributed by atoms with Gasteiger partial charge in [0.05, 0.1) is 12.6 Å². The Morgan fingerprint density at radius 3 is 2.93 bits per heavy atom. The fraction of sp³-hybridized carbons (Fsp3) is 0.300. The number of carboxylic acid groups (broad SMARTS) is 1. The number of methoxy groups -OCH3 is 1. The summed E-state index contributed by atoms with van der Waals surface area (Å²) in [5, 5.41) is 11.1. The molecule has 1 atom stereocenters. The molecule has 82 valence electrons. The summed E-state index contributed by atoms with van der Waals surface area (Å²) < 4.78 is 5.87. The third-order valence-electron chi connectivity index (χ3n) is 1.88. The van der Waals surface area contributed by atoms with Gasteiger partial charge in [0.1, 0.15) is 0 Å². The van der Waals surface area contributed by atoms with E-state index in [-0.39, 0.29) is 6.04 Å². The molecule has 1 amide bonds. The molecule has 0 heterocycles. The van der Waals surface area contributed by atoms with Gasteiger partial charge < -0.3 is 15.2 Å². The van der Waals surface area contributed by atoms with Crippen molar-refractivity contribution in [3.63, 3.8) is 0 Å². The summed E-state index contributed by atoms with van der Waals surface area (Å²) in [5.74, 6) is 0. The molecule has 0 spiro atoms. The van der Waals surface area contributed by atoms with Crippen LogP contribution < -0.4 is 5.32 Å². The topological polar surface area (TPSA) is 58.6 Å². The molecule has 0 saturated heterocycles. The average Bonchev–Trinajstić information content (AvgIpc) is 2.16. The zero-order valence-electron chi connectivity index (χ0n) is 8.24. The maximum Gasteiger partial charge on any atom is 0.405 e. The fourth-order valence-electron chi connectivity index (χ4n) is 1.26. The van der Waals surface area contributed by atoms with Crippen LogP contribution in [0.3, 0.4) is 0 Å². The Balaban J connectivity index is 2.83. The lowest BCUT2D eigenvalue weighted by atomic mass is 10.1. The van der Waals surface area contributed by atoms with Crippen molar-refractivity contribution in [3.8, 4) is 0 Å². The molecule has 0 saturated carbocycles. The summed E-state index contributed by atoms with van der Waals surface area (Å²) in [6.45, 7) is 0.308. The quantitative estimate of drug-likeness (QED) is 0.886. The second-order valence-electron chi connectivity index (χ2n) is 3.01. The minimum Gasteiger partial charge on any atom is -0.465 e. The van der Waals surface area contributed by atoms with Crippen LogP contribution in [-0.2, 0) is 4.74 Å². The Morgan fingerprint density at radius 1 is 1.67 bits per heavy atom. The van der Waals surface area contributed by atoms with Gasteiger partial charge in [-0.3, -0.25) is 0 Å². The van der Waals surface area contributed by atoms with Crippen molar-refractivity contribution in [3.05, 3.63) is 34.3 Å². The largest absolute Gasteiger partial charge is 0.465 e. The molecule has 4 nitrogen and oxygen atoms in total. The molecule has 0 aliphatic rings. The Morgan fingerprint density at radius 2 is 2.40 bits per heavy atom. The lowest BCUT2D eigenvalue weighted by Crippen LogP contribution is -2.29. The van der Waals surface area contributed by atoms with Crippen LogP contribution in [0.25, 0.3) is 0 Å². The number of rotatable bonds is 4. The smallest absolute Gasteiger partial charge is 0.405 e. The lowest BCUT2D eigenvalue weighted by Gasteiger charge is -2.16. The lowest BCUT2D eigenvalue weighted by molar-refractivity contribution is 0.152. The molecule has 0 aliphatic heterocycles. The minimum atomic E-state index is -1.06. The van der Waals surface area contributed by atoms with Crippen molar-refractivity contribution < 1.29 is 14.6 Å². The van der Waals surface area contributed by atoms with Crippen molar-refractivity contribution in [1.29, 1.82) is 0 Å². The number of benzene rings is 1. The first-order valence-electron chi connectivity index (χ1n) is 4.37. The van der Waals surface area contributed by atoms with E-state index in [9.17, 15) is 4.79 Å². The predicted octanol–water partition coefficient (Wildman–Crippen LogP) is 2.40. The zero-order chi connectivity index (χ0) is 11.3. The van der Waals surface area contributed by atoms with Crippen molar-refractivity contribution in [1.82, 2.24) is 5.32 Å². The van der Waals surface area contributed by atoms with Crippen LogP contribution in [0.1, 0.15) is 11.6 Å². The molecule has 0 bridgehead atoms. The number of halogens is 1. The Bertz CT molecular complexity index is 343. The van der Waals surface area contributed by atoms with E-state index in [2.05, 4.69) is 21.2 Å². The molecule has 0 unspecified atom stereocenters. The molecule has 1 aromatic rings. The second-order valence-corrected chi connectivity index (χ2v) is 3.93. The summed E-state index contributed by atoms with van der Waals surface area (Å²) in [4.78, 5) is 10.6. The van der Waals surface area contributed by atoms with E-state index >= 15 is 0 Å². The SMILES string of the molecule is COC[C@@H](NC(=O)O)c1cccc(Br)c1. The monoisotopic (exact) mass is 273 g/mol. The highest BCUT2D eigenvalue weighted by Gasteiger charge is 2.13. The standard InChI is InChI=1S/C10H12BrNO3/c1-15-6-9(12-10(13)14)7-3-2-4-8(11)5-7/h2-5,9,12H,6H2,1H3,(H,13,14)/t9-/m1/s1. The average molecular weight is 274 g/mol. The maximum atomic E-state index is 10.6. The van der Waals surface area contributed by atoms with Gasteiger partial charge in [-0.15, -0.1) is 0 Å². The van der Waals surface area contributed by atoms with E-state index in [4.69, 9.17) is 9.84 Å². The van der Waals surface area contributed by atoms with E-state index < -0.39 is 6.09 Å². The van der Waals surface area contributed by atoms with Crippen molar-refractivity contribution in [2.45, 2.75) is 6.04 Å². The van der Waals surface area contributed by atoms with Crippen LogP contribution in [0.15, 0.2) is 28.7 Å². The first-order chi connectivity index (χ1) is 7.13. The number of hydrogen-bond acceptors (Lipinski definition) is 2. The highest BCUT2D eigenvalue weighted by atomic mass is 79.9. The number of hydrogen-bond donors (Lipinski definition) is 2. The van der Waals surface area contributed by atoms with E-state index in [1.165, 1.54) is 7.11 Å².